The Balaban J connectivity index is 1.75. The van der Waals surface area contributed by atoms with Crippen molar-refractivity contribution >= 4 is 23.1 Å². The van der Waals surface area contributed by atoms with Crippen LogP contribution in [0, 0.1) is 0 Å². The number of carbonyl (C=O) groups excluding carboxylic acids is 2. The Kier molecular flexibility index (Phi) is 6.53. The molecule has 0 bridgehead atoms. The fourth-order valence-corrected chi connectivity index (χ4v) is 3.62. The van der Waals surface area contributed by atoms with Crippen LogP contribution < -0.4 is 10.6 Å². The molecule has 0 radical (unpaired) electrons. The Morgan fingerprint density at radius 1 is 1.06 bits per heavy atom. The predicted octanol–water partition coefficient (Wildman–Crippen LogP) is 4.37. The summed E-state index contributed by atoms with van der Waals surface area (Å²) in [6.45, 7) is 6.27. The number of rotatable bonds is 6. The summed E-state index contributed by atoms with van der Waals surface area (Å²) in [5.41, 5.74) is 0.206. The number of nitrogens with one attached hydrogen (secondary N) is 2. The molecule has 0 saturated heterocycles. The zero-order chi connectivity index (χ0) is 26.2. The normalized spacial score (nSPS) is 11.8. The number of amides is 2. The van der Waals surface area contributed by atoms with E-state index in [1.54, 1.807) is 19.1 Å². The molecule has 0 aliphatic heterocycles. The molecule has 0 saturated carbocycles. The minimum Gasteiger partial charge on any atom is -0.354 e. The van der Waals surface area contributed by atoms with E-state index in [0.717, 1.165) is 11.6 Å². The zero-order valence-electron chi connectivity index (χ0n) is 20.0. The summed E-state index contributed by atoms with van der Waals surface area (Å²) in [6, 6.07) is 9.18. The Morgan fingerprint density at radius 3 is 2.33 bits per heavy atom. The SMILES string of the molecule is CCn1cc(NC(=O)c2cc3nc(-c4ccc(C(C)C)cc4)cc(C(F)(F)F)n3n2)c(C(=O)NC)n1. The molecule has 0 aliphatic carbocycles. The van der Waals surface area contributed by atoms with Gasteiger partial charge in [-0.25, -0.2) is 9.50 Å². The summed E-state index contributed by atoms with van der Waals surface area (Å²) in [4.78, 5) is 29.3. The lowest BCUT2D eigenvalue weighted by molar-refractivity contribution is -0.142. The number of hydrogen-bond acceptors (Lipinski definition) is 5. The summed E-state index contributed by atoms with van der Waals surface area (Å²) >= 11 is 0. The third kappa shape index (κ3) is 4.79. The van der Waals surface area contributed by atoms with Crippen molar-refractivity contribution in [1.29, 1.82) is 0 Å². The molecule has 3 aromatic heterocycles. The first-order chi connectivity index (χ1) is 17.0. The second kappa shape index (κ2) is 9.44. The molecule has 0 unspecified atom stereocenters. The molecule has 188 valence electrons. The highest BCUT2D eigenvalue weighted by molar-refractivity contribution is 6.07. The first-order valence-electron chi connectivity index (χ1n) is 11.2. The molecule has 0 fully saturated rings. The molecule has 2 N–H and O–H groups in total. The molecule has 0 aliphatic rings. The Labute approximate surface area is 204 Å². The van der Waals surface area contributed by atoms with E-state index in [9.17, 15) is 22.8 Å². The minimum atomic E-state index is -4.75. The molecule has 0 spiro atoms. The number of carbonyl (C=O) groups is 2. The number of aromatic nitrogens is 5. The molecular formula is C24H24F3N7O2. The summed E-state index contributed by atoms with van der Waals surface area (Å²) < 4.78 is 43.8. The van der Waals surface area contributed by atoms with Gasteiger partial charge in [-0.05, 0) is 24.5 Å². The number of anilines is 1. The molecule has 3 heterocycles. The van der Waals surface area contributed by atoms with Crippen molar-refractivity contribution in [1.82, 2.24) is 29.7 Å². The van der Waals surface area contributed by atoms with Crippen LogP contribution in [0.1, 0.15) is 58.9 Å². The maximum Gasteiger partial charge on any atom is 0.433 e. The number of benzene rings is 1. The number of fused-ring (bicyclic) bond motifs is 1. The van der Waals surface area contributed by atoms with Gasteiger partial charge in [-0.3, -0.25) is 14.3 Å². The van der Waals surface area contributed by atoms with E-state index in [0.29, 0.717) is 16.6 Å². The molecule has 0 atom stereocenters. The monoisotopic (exact) mass is 499 g/mol. The minimum absolute atomic E-state index is 0.0299. The van der Waals surface area contributed by atoms with Crippen LogP contribution in [0.25, 0.3) is 16.9 Å². The Hall–Kier alpha value is -4.22. The van der Waals surface area contributed by atoms with Crippen LogP contribution in [-0.4, -0.2) is 43.2 Å². The topological polar surface area (TPSA) is 106 Å². The number of halogens is 3. The summed E-state index contributed by atoms with van der Waals surface area (Å²) in [7, 11) is 1.42. The van der Waals surface area contributed by atoms with Gasteiger partial charge in [0.25, 0.3) is 11.8 Å². The van der Waals surface area contributed by atoms with E-state index < -0.39 is 23.7 Å². The van der Waals surface area contributed by atoms with E-state index in [-0.39, 0.29) is 34.3 Å². The number of nitrogens with zero attached hydrogens (tertiary/aromatic N) is 5. The van der Waals surface area contributed by atoms with Gasteiger partial charge in [0.1, 0.15) is 0 Å². The highest BCUT2D eigenvalue weighted by Crippen LogP contribution is 2.33. The van der Waals surface area contributed by atoms with Crippen LogP contribution in [0.15, 0.2) is 42.6 Å². The molecule has 36 heavy (non-hydrogen) atoms. The standard InChI is InChI=1S/C24H24F3N7O2/c1-5-33-12-18(21(32-33)23(36)28-4)30-22(35)17-11-20-29-16(10-19(24(25,26)27)34(20)31-17)15-8-6-14(7-9-15)13(2)3/h6-13H,5H2,1-4H3,(H,28,36)(H,30,35). The lowest BCUT2D eigenvalue weighted by atomic mass is 10.0. The third-order valence-corrected chi connectivity index (χ3v) is 5.60. The second-order valence-electron chi connectivity index (χ2n) is 8.38. The maximum absolute atomic E-state index is 13.9. The van der Waals surface area contributed by atoms with Crippen LogP contribution in [0.5, 0.6) is 0 Å². The maximum atomic E-state index is 13.9. The summed E-state index contributed by atoms with van der Waals surface area (Å²) in [6.07, 6.45) is -3.29. The van der Waals surface area contributed by atoms with Gasteiger partial charge in [-0.15, -0.1) is 0 Å². The van der Waals surface area contributed by atoms with Crippen molar-refractivity contribution in [2.24, 2.45) is 0 Å². The number of hydrogen-bond donors (Lipinski definition) is 2. The van der Waals surface area contributed by atoms with Gasteiger partial charge in [-0.1, -0.05) is 38.1 Å². The number of aryl methyl sites for hydroxylation is 1. The molecule has 1 aromatic carbocycles. The molecule has 2 amide bonds. The van der Waals surface area contributed by atoms with Gasteiger partial charge >= 0.3 is 6.18 Å². The van der Waals surface area contributed by atoms with Crippen LogP contribution in [0.4, 0.5) is 18.9 Å². The fraction of sp³-hybridized carbons (Fsp3) is 0.292. The molecule has 12 heteroatoms. The highest BCUT2D eigenvalue weighted by atomic mass is 19.4. The van der Waals surface area contributed by atoms with Crippen molar-refractivity contribution in [2.45, 2.75) is 39.4 Å². The van der Waals surface area contributed by atoms with Crippen LogP contribution in [0.3, 0.4) is 0 Å². The van der Waals surface area contributed by atoms with Gasteiger partial charge in [0.05, 0.1) is 11.4 Å². The van der Waals surface area contributed by atoms with Gasteiger partial charge in [0.2, 0.25) is 0 Å². The summed E-state index contributed by atoms with van der Waals surface area (Å²) in [5.74, 6) is -1.07. The van der Waals surface area contributed by atoms with E-state index >= 15 is 0 Å². The van der Waals surface area contributed by atoms with Crippen molar-refractivity contribution in [3.8, 4) is 11.3 Å². The van der Waals surface area contributed by atoms with Crippen LogP contribution in [-0.2, 0) is 12.7 Å². The fourth-order valence-electron chi connectivity index (χ4n) is 3.62. The van der Waals surface area contributed by atoms with Crippen LogP contribution >= 0.6 is 0 Å². The van der Waals surface area contributed by atoms with Gasteiger partial charge in [0.15, 0.2) is 22.7 Å². The third-order valence-electron chi connectivity index (χ3n) is 5.60. The van der Waals surface area contributed by atoms with Gasteiger partial charge in [0, 0.05) is 31.4 Å². The van der Waals surface area contributed by atoms with Crippen molar-refractivity contribution in [2.75, 3.05) is 12.4 Å². The lowest BCUT2D eigenvalue weighted by Crippen LogP contribution is -2.22. The lowest BCUT2D eigenvalue weighted by Gasteiger charge is -2.11. The van der Waals surface area contributed by atoms with E-state index in [2.05, 4.69) is 25.8 Å². The highest BCUT2D eigenvalue weighted by Gasteiger charge is 2.36. The number of alkyl halides is 3. The largest absolute Gasteiger partial charge is 0.433 e. The van der Waals surface area contributed by atoms with Crippen molar-refractivity contribution in [3.05, 3.63) is 65.2 Å². The van der Waals surface area contributed by atoms with Crippen LogP contribution in [0.2, 0.25) is 0 Å². The second-order valence-corrected chi connectivity index (χ2v) is 8.38. The van der Waals surface area contributed by atoms with E-state index in [1.165, 1.54) is 24.0 Å². The van der Waals surface area contributed by atoms with Gasteiger partial charge < -0.3 is 10.6 Å². The van der Waals surface area contributed by atoms with Gasteiger partial charge in [-0.2, -0.15) is 23.4 Å². The molecule has 4 aromatic rings. The zero-order valence-corrected chi connectivity index (χ0v) is 20.0. The smallest absolute Gasteiger partial charge is 0.354 e. The Morgan fingerprint density at radius 2 is 1.75 bits per heavy atom. The Bertz CT molecular complexity index is 1440. The quantitative estimate of drug-likeness (QED) is 0.410. The van der Waals surface area contributed by atoms with E-state index in [1.807, 2.05) is 26.0 Å². The van der Waals surface area contributed by atoms with E-state index in [4.69, 9.17) is 0 Å². The van der Waals surface area contributed by atoms with Crippen molar-refractivity contribution < 1.29 is 22.8 Å². The van der Waals surface area contributed by atoms with Crippen molar-refractivity contribution in [3.63, 3.8) is 0 Å². The first kappa shape index (κ1) is 24.9. The molecule has 4 rings (SSSR count). The average Bonchev–Trinajstić information content (AvgIpc) is 3.46. The molecule has 9 nitrogen and oxygen atoms in total. The predicted molar refractivity (Wildman–Crippen MR) is 127 cm³/mol. The first-order valence-corrected chi connectivity index (χ1v) is 11.2. The average molecular weight is 499 g/mol. The summed E-state index contributed by atoms with van der Waals surface area (Å²) in [5, 5.41) is 12.9. The molecular weight excluding hydrogens is 475 g/mol.